The minimum absolute atomic E-state index is 0.0242. The maximum atomic E-state index is 13.1. The van der Waals surface area contributed by atoms with E-state index in [0.29, 0.717) is 35.6 Å². The number of halogens is 1. The lowest BCUT2D eigenvalue weighted by Crippen LogP contribution is -2.42. The minimum Gasteiger partial charge on any atom is -0.490 e. The van der Waals surface area contributed by atoms with Crippen LogP contribution >= 0.6 is 11.6 Å². The molecule has 2 atom stereocenters. The fraction of sp³-hybridized carbons (Fsp3) is 0.588. The first-order valence-corrected chi connectivity index (χ1v) is 8.53. The molecule has 0 aliphatic carbocycles. The average Bonchev–Trinajstić information content (AvgIpc) is 2.81. The van der Waals surface area contributed by atoms with E-state index in [-0.39, 0.29) is 11.9 Å². The van der Waals surface area contributed by atoms with Gasteiger partial charge in [-0.1, -0.05) is 11.6 Å². The number of nitrogens with one attached hydrogen (secondary N) is 1. The Balaban J connectivity index is 1.84. The molecule has 2 unspecified atom stereocenters. The van der Waals surface area contributed by atoms with Crippen LogP contribution in [0, 0.1) is 0 Å². The Bertz CT molecular complexity index is 553. The van der Waals surface area contributed by atoms with E-state index in [0.717, 1.165) is 32.4 Å². The maximum Gasteiger partial charge on any atom is 0.258 e. The predicted molar refractivity (Wildman–Crippen MR) is 89.3 cm³/mol. The highest BCUT2D eigenvalue weighted by atomic mass is 35.5. The molecule has 2 aliphatic rings. The van der Waals surface area contributed by atoms with Gasteiger partial charge in [0.05, 0.1) is 12.2 Å². The molecular formula is C17H23ClN2O3. The van der Waals surface area contributed by atoms with Gasteiger partial charge in [0.2, 0.25) is 0 Å². The zero-order chi connectivity index (χ0) is 16.2. The zero-order valence-corrected chi connectivity index (χ0v) is 14.1. The molecule has 0 spiro atoms. The van der Waals surface area contributed by atoms with E-state index in [2.05, 4.69) is 5.32 Å². The summed E-state index contributed by atoms with van der Waals surface area (Å²) >= 11 is 6.12. The third-order valence-corrected chi connectivity index (χ3v) is 4.84. The van der Waals surface area contributed by atoms with Gasteiger partial charge in [0.1, 0.15) is 12.4 Å². The van der Waals surface area contributed by atoms with Crippen molar-refractivity contribution in [1.82, 2.24) is 10.2 Å². The van der Waals surface area contributed by atoms with Crippen LogP contribution in [0.4, 0.5) is 0 Å². The monoisotopic (exact) mass is 338 g/mol. The van der Waals surface area contributed by atoms with Crippen molar-refractivity contribution >= 4 is 17.5 Å². The second kappa shape index (κ2) is 7.51. The third kappa shape index (κ3) is 3.62. The number of methoxy groups -OCH3 is 1. The lowest BCUT2D eigenvalue weighted by atomic mass is 10.1. The Morgan fingerprint density at radius 3 is 2.96 bits per heavy atom. The second-order valence-corrected chi connectivity index (χ2v) is 6.51. The molecule has 6 heteroatoms. The van der Waals surface area contributed by atoms with Gasteiger partial charge in [-0.25, -0.2) is 0 Å². The number of carbonyl (C=O) groups excluding carboxylic acids is 1. The highest BCUT2D eigenvalue weighted by Gasteiger charge is 2.39. The van der Waals surface area contributed by atoms with Crippen molar-refractivity contribution in [2.45, 2.75) is 31.3 Å². The summed E-state index contributed by atoms with van der Waals surface area (Å²) in [7, 11) is 1.62. The van der Waals surface area contributed by atoms with Gasteiger partial charge in [0.15, 0.2) is 0 Å². The standard InChI is InChI=1S/C17H23ClN2O3/c1-22-8-9-23-16-5-2-12(18)10-15(16)17(21)20-13-3-4-14(20)11-19-7-6-13/h2,5,10,13-14,19H,3-4,6-9,11H2,1H3. The molecule has 2 aliphatic heterocycles. The van der Waals surface area contributed by atoms with E-state index >= 15 is 0 Å². The molecule has 5 nitrogen and oxygen atoms in total. The van der Waals surface area contributed by atoms with Gasteiger partial charge in [-0.3, -0.25) is 4.79 Å². The molecule has 0 radical (unpaired) electrons. The number of ether oxygens (including phenoxy) is 2. The largest absolute Gasteiger partial charge is 0.490 e. The summed E-state index contributed by atoms with van der Waals surface area (Å²) < 4.78 is 10.7. The number of nitrogens with zero attached hydrogens (tertiary/aromatic N) is 1. The van der Waals surface area contributed by atoms with Crippen molar-refractivity contribution in [3.05, 3.63) is 28.8 Å². The highest BCUT2D eigenvalue weighted by molar-refractivity contribution is 6.31. The molecule has 1 N–H and O–H groups in total. The molecule has 2 saturated heterocycles. The predicted octanol–water partition coefficient (Wildman–Crippen LogP) is 2.33. The average molecular weight is 339 g/mol. The summed E-state index contributed by atoms with van der Waals surface area (Å²) in [6, 6.07) is 5.81. The van der Waals surface area contributed by atoms with Crippen LogP contribution in [0.15, 0.2) is 18.2 Å². The van der Waals surface area contributed by atoms with E-state index < -0.39 is 0 Å². The number of carbonyl (C=O) groups is 1. The Kier molecular flexibility index (Phi) is 5.41. The van der Waals surface area contributed by atoms with Crippen molar-refractivity contribution in [3.8, 4) is 5.75 Å². The second-order valence-electron chi connectivity index (χ2n) is 6.07. The van der Waals surface area contributed by atoms with Gasteiger partial charge in [-0.05, 0) is 44.0 Å². The Morgan fingerprint density at radius 2 is 2.13 bits per heavy atom. The molecule has 126 valence electrons. The molecule has 23 heavy (non-hydrogen) atoms. The molecule has 1 aromatic rings. The van der Waals surface area contributed by atoms with Crippen LogP contribution in [0.25, 0.3) is 0 Å². The highest BCUT2D eigenvalue weighted by Crippen LogP contribution is 2.32. The van der Waals surface area contributed by atoms with Gasteiger partial charge in [0, 0.05) is 30.8 Å². The smallest absolute Gasteiger partial charge is 0.258 e. The number of hydrogen-bond acceptors (Lipinski definition) is 4. The third-order valence-electron chi connectivity index (χ3n) is 4.61. The van der Waals surface area contributed by atoms with Crippen LogP contribution in [-0.2, 0) is 4.74 Å². The summed E-state index contributed by atoms with van der Waals surface area (Å²) in [5, 5.41) is 3.96. The van der Waals surface area contributed by atoms with Crippen LogP contribution in [-0.4, -0.2) is 56.3 Å². The molecule has 2 bridgehead atoms. The SMILES string of the molecule is COCCOc1ccc(Cl)cc1C(=O)N1C2CCNCC1CC2. The van der Waals surface area contributed by atoms with Gasteiger partial charge in [0.25, 0.3) is 5.91 Å². The topological polar surface area (TPSA) is 50.8 Å². The van der Waals surface area contributed by atoms with Gasteiger partial charge in [-0.2, -0.15) is 0 Å². The number of fused-ring (bicyclic) bond motifs is 2. The maximum absolute atomic E-state index is 13.1. The Labute approximate surface area is 141 Å². The fourth-order valence-electron chi connectivity index (χ4n) is 3.48. The van der Waals surface area contributed by atoms with Crippen molar-refractivity contribution in [2.24, 2.45) is 0 Å². The normalized spacial score (nSPS) is 23.7. The number of hydrogen-bond donors (Lipinski definition) is 1. The molecule has 0 aromatic heterocycles. The van der Waals surface area contributed by atoms with Crippen molar-refractivity contribution < 1.29 is 14.3 Å². The van der Waals surface area contributed by atoms with Gasteiger partial charge < -0.3 is 19.7 Å². The van der Waals surface area contributed by atoms with E-state index in [4.69, 9.17) is 21.1 Å². The van der Waals surface area contributed by atoms with Crippen molar-refractivity contribution in [1.29, 1.82) is 0 Å². The molecule has 1 amide bonds. The molecule has 2 heterocycles. The molecule has 3 rings (SSSR count). The van der Waals surface area contributed by atoms with Crippen LogP contribution in [0.1, 0.15) is 29.6 Å². The Hall–Kier alpha value is -1.30. The molecule has 1 aromatic carbocycles. The van der Waals surface area contributed by atoms with Gasteiger partial charge >= 0.3 is 0 Å². The van der Waals surface area contributed by atoms with Crippen molar-refractivity contribution in [2.75, 3.05) is 33.4 Å². The van der Waals surface area contributed by atoms with E-state index in [9.17, 15) is 4.79 Å². The lowest BCUT2D eigenvalue weighted by Gasteiger charge is -2.28. The summed E-state index contributed by atoms with van der Waals surface area (Å²) in [5.74, 6) is 0.601. The molecular weight excluding hydrogens is 316 g/mol. The fourth-order valence-corrected chi connectivity index (χ4v) is 3.66. The molecule has 2 fully saturated rings. The first kappa shape index (κ1) is 16.6. The number of rotatable bonds is 5. The van der Waals surface area contributed by atoms with Crippen LogP contribution in [0.5, 0.6) is 5.75 Å². The molecule has 0 saturated carbocycles. The summed E-state index contributed by atoms with van der Waals surface area (Å²) in [6.07, 6.45) is 3.14. The minimum atomic E-state index is 0.0242. The van der Waals surface area contributed by atoms with Crippen LogP contribution in [0.3, 0.4) is 0 Å². The number of amides is 1. The summed E-state index contributed by atoms with van der Waals surface area (Å²) in [6.45, 7) is 2.72. The summed E-state index contributed by atoms with van der Waals surface area (Å²) in [5.41, 5.74) is 0.549. The zero-order valence-electron chi connectivity index (χ0n) is 13.4. The van der Waals surface area contributed by atoms with Crippen LogP contribution < -0.4 is 10.1 Å². The van der Waals surface area contributed by atoms with Gasteiger partial charge in [-0.15, -0.1) is 0 Å². The first-order valence-electron chi connectivity index (χ1n) is 8.15. The van der Waals surface area contributed by atoms with E-state index in [1.54, 1.807) is 25.3 Å². The first-order chi connectivity index (χ1) is 11.2. The van der Waals surface area contributed by atoms with E-state index in [1.165, 1.54) is 0 Å². The van der Waals surface area contributed by atoms with Crippen molar-refractivity contribution in [3.63, 3.8) is 0 Å². The summed E-state index contributed by atoms with van der Waals surface area (Å²) in [4.78, 5) is 15.2. The van der Waals surface area contributed by atoms with Crippen LogP contribution in [0.2, 0.25) is 5.02 Å². The quantitative estimate of drug-likeness (QED) is 0.837. The lowest BCUT2D eigenvalue weighted by molar-refractivity contribution is 0.0673. The Morgan fingerprint density at radius 1 is 1.30 bits per heavy atom. The van der Waals surface area contributed by atoms with E-state index in [1.807, 2.05) is 4.90 Å². The number of benzene rings is 1.